The molecule has 1 aromatic heterocycles. The Bertz CT molecular complexity index is 577. The van der Waals surface area contributed by atoms with Gasteiger partial charge >= 0.3 is 5.97 Å². The monoisotopic (exact) mass is 276 g/mol. The van der Waals surface area contributed by atoms with Crippen molar-refractivity contribution in [1.82, 2.24) is 9.88 Å². The standard InChI is InChI=1S/C14H16N2O4/c17-14(18)7-10-9-19-6-5-16(10)8-13-15-11-3-1-2-4-12(11)20-13/h1-4,10H,5-9H2,(H,17,18). The number of carboxylic acids is 1. The smallest absolute Gasteiger partial charge is 0.305 e. The third kappa shape index (κ3) is 2.81. The molecule has 6 nitrogen and oxygen atoms in total. The lowest BCUT2D eigenvalue weighted by Crippen LogP contribution is -2.45. The predicted molar refractivity (Wildman–Crippen MR) is 71.3 cm³/mol. The lowest BCUT2D eigenvalue weighted by molar-refractivity contribution is -0.140. The summed E-state index contributed by atoms with van der Waals surface area (Å²) < 4.78 is 11.0. The van der Waals surface area contributed by atoms with Crippen LogP contribution in [0, 0.1) is 0 Å². The van der Waals surface area contributed by atoms with Gasteiger partial charge in [-0.1, -0.05) is 12.1 Å². The molecule has 0 amide bonds. The summed E-state index contributed by atoms with van der Waals surface area (Å²) in [5.41, 5.74) is 1.58. The number of para-hydroxylation sites is 2. The van der Waals surface area contributed by atoms with Gasteiger partial charge in [-0.2, -0.15) is 0 Å². The van der Waals surface area contributed by atoms with Gasteiger partial charge in [0, 0.05) is 12.6 Å². The van der Waals surface area contributed by atoms with Gasteiger partial charge < -0.3 is 14.3 Å². The first-order chi connectivity index (χ1) is 9.72. The fourth-order valence-electron chi connectivity index (χ4n) is 2.45. The molecule has 0 aliphatic carbocycles. The van der Waals surface area contributed by atoms with E-state index in [9.17, 15) is 4.79 Å². The Morgan fingerprint density at radius 2 is 2.30 bits per heavy atom. The normalized spacial score (nSPS) is 20.3. The number of carboxylic acid groups (broad SMARTS) is 1. The maximum Gasteiger partial charge on any atom is 0.305 e. The molecule has 6 heteroatoms. The van der Waals surface area contributed by atoms with Crippen LogP contribution < -0.4 is 0 Å². The quantitative estimate of drug-likeness (QED) is 0.912. The summed E-state index contributed by atoms with van der Waals surface area (Å²) in [5, 5.41) is 8.94. The summed E-state index contributed by atoms with van der Waals surface area (Å²) in [5.74, 6) is -0.202. The molecule has 1 saturated heterocycles. The van der Waals surface area contributed by atoms with Crippen molar-refractivity contribution >= 4 is 17.1 Å². The minimum absolute atomic E-state index is 0.0697. The van der Waals surface area contributed by atoms with E-state index in [4.69, 9.17) is 14.3 Å². The Morgan fingerprint density at radius 1 is 1.45 bits per heavy atom. The molecule has 1 aromatic carbocycles. The molecule has 1 aliphatic heterocycles. The number of oxazole rings is 1. The summed E-state index contributed by atoms with van der Waals surface area (Å²) in [4.78, 5) is 17.4. The number of fused-ring (bicyclic) bond motifs is 1. The minimum atomic E-state index is -0.817. The molecular weight excluding hydrogens is 260 g/mol. The van der Waals surface area contributed by atoms with Gasteiger partial charge in [0.25, 0.3) is 0 Å². The van der Waals surface area contributed by atoms with Crippen LogP contribution in [0.3, 0.4) is 0 Å². The van der Waals surface area contributed by atoms with Gasteiger partial charge in [-0.25, -0.2) is 4.98 Å². The molecule has 1 aliphatic rings. The van der Waals surface area contributed by atoms with Crippen LogP contribution in [-0.2, 0) is 16.1 Å². The second kappa shape index (κ2) is 5.60. The molecule has 20 heavy (non-hydrogen) atoms. The van der Waals surface area contributed by atoms with E-state index in [0.29, 0.717) is 32.2 Å². The van der Waals surface area contributed by atoms with E-state index in [1.54, 1.807) is 0 Å². The van der Waals surface area contributed by atoms with Gasteiger partial charge in [0.05, 0.1) is 26.2 Å². The second-order valence-corrected chi connectivity index (χ2v) is 4.87. The number of hydrogen-bond donors (Lipinski definition) is 1. The van der Waals surface area contributed by atoms with E-state index in [2.05, 4.69) is 9.88 Å². The van der Waals surface area contributed by atoms with Gasteiger partial charge in [-0.15, -0.1) is 0 Å². The summed E-state index contributed by atoms with van der Waals surface area (Å²) in [7, 11) is 0. The number of morpholine rings is 1. The Morgan fingerprint density at radius 3 is 3.10 bits per heavy atom. The van der Waals surface area contributed by atoms with E-state index in [-0.39, 0.29) is 12.5 Å². The van der Waals surface area contributed by atoms with Gasteiger partial charge in [0.1, 0.15) is 5.52 Å². The van der Waals surface area contributed by atoms with E-state index in [0.717, 1.165) is 11.1 Å². The topological polar surface area (TPSA) is 75.8 Å². The number of nitrogens with zero attached hydrogens (tertiary/aromatic N) is 2. The van der Waals surface area contributed by atoms with Crippen molar-refractivity contribution in [2.75, 3.05) is 19.8 Å². The Kier molecular flexibility index (Phi) is 3.66. The second-order valence-electron chi connectivity index (χ2n) is 4.87. The Labute approximate surface area is 116 Å². The Hall–Kier alpha value is -1.92. The highest BCUT2D eigenvalue weighted by molar-refractivity contribution is 5.72. The van der Waals surface area contributed by atoms with Crippen LogP contribution in [0.5, 0.6) is 0 Å². The van der Waals surface area contributed by atoms with Gasteiger partial charge in [-0.3, -0.25) is 9.69 Å². The molecule has 106 valence electrons. The number of benzene rings is 1. The molecule has 1 N–H and O–H groups in total. The minimum Gasteiger partial charge on any atom is -0.481 e. The fraction of sp³-hybridized carbons (Fsp3) is 0.429. The molecule has 1 atom stereocenters. The zero-order valence-corrected chi connectivity index (χ0v) is 11.0. The number of hydrogen-bond acceptors (Lipinski definition) is 5. The van der Waals surface area contributed by atoms with Crippen LogP contribution in [0.2, 0.25) is 0 Å². The van der Waals surface area contributed by atoms with Crippen molar-refractivity contribution in [3.05, 3.63) is 30.2 Å². The number of aromatic nitrogens is 1. The third-order valence-corrected chi connectivity index (χ3v) is 3.44. The van der Waals surface area contributed by atoms with E-state index >= 15 is 0 Å². The van der Waals surface area contributed by atoms with E-state index in [1.165, 1.54) is 0 Å². The van der Waals surface area contributed by atoms with Crippen molar-refractivity contribution in [1.29, 1.82) is 0 Å². The van der Waals surface area contributed by atoms with Crippen molar-refractivity contribution in [2.24, 2.45) is 0 Å². The molecule has 0 saturated carbocycles. The molecule has 2 aromatic rings. The lowest BCUT2D eigenvalue weighted by atomic mass is 10.1. The van der Waals surface area contributed by atoms with Crippen LogP contribution in [0.4, 0.5) is 0 Å². The summed E-state index contributed by atoms with van der Waals surface area (Å²) in [6.45, 7) is 2.25. The van der Waals surface area contributed by atoms with Gasteiger partial charge in [-0.05, 0) is 12.1 Å². The van der Waals surface area contributed by atoms with Crippen molar-refractivity contribution in [2.45, 2.75) is 19.0 Å². The van der Waals surface area contributed by atoms with E-state index < -0.39 is 5.97 Å². The van der Waals surface area contributed by atoms with Crippen LogP contribution >= 0.6 is 0 Å². The fourth-order valence-corrected chi connectivity index (χ4v) is 2.45. The largest absolute Gasteiger partial charge is 0.481 e. The average molecular weight is 276 g/mol. The van der Waals surface area contributed by atoms with Crippen LogP contribution in [-0.4, -0.2) is 46.8 Å². The molecule has 3 rings (SSSR count). The summed E-state index contributed by atoms with van der Waals surface area (Å²) >= 11 is 0. The molecule has 0 spiro atoms. The van der Waals surface area contributed by atoms with Crippen molar-refractivity contribution < 1.29 is 19.1 Å². The highest BCUT2D eigenvalue weighted by Gasteiger charge is 2.26. The maximum atomic E-state index is 10.9. The van der Waals surface area contributed by atoms with E-state index in [1.807, 2.05) is 24.3 Å². The summed E-state index contributed by atoms with van der Waals surface area (Å²) in [6.07, 6.45) is 0.0697. The highest BCUT2D eigenvalue weighted by Crippen LogP contribution is 2.19. The van der Waals surface area contributed by atoms with Crippen molar-refractivity contribution in [3.8, 4) is 0 Å². The highest BCUT2D eigenvalue weighted by atomic mass is 16.5. The first kappa shape index (κ1) is 13.1. The molecular formula is C14H16N2O4. The molecule has 0 radical (unpaired) electrons. The number of carbonyl (C=O) groups is 1. The average Bonchev–Trinajstić information content (AvgIpc) is 2.82. The number of ether oxygens (including phenoxy) is 1. The Balaban J connectivity index is 1.75. The first-order valence-electron chi connectivity index (χ1n) is 6.60. The number of rotatable bonds is 4. The zero-order chi connectivity index (χ0) is 13.9. The molecule has 1 unspecified atom stereocenters. The zero-order valence-electron chi connectivity index (χ0n) is 11.0. The van der Waals surface area contributed by atoms with Gasteiger partial charge in [0.15, 0.2) is 5.58 Å². The maximum absolute atomic E-state index is 10.9. The lowest BCUT2D eigenvalue weighted by Gasteiger charge is -2.33. The molecule has 2 heterocycles. The number of aliphatic carboxylic acids is 1. The molecule has 0 bridgehead atoms. The van der Waals surface area contributed by atoms with Crippen LogP contribution in [0.25, 0.3) is 11.1 Å². The van der Waals surface area contributed by atoms with Crippen LogP contribution in [0.15, 0.2) is 28.7 Å². The third-order valence-electron chi connectivity index (χ3n) is 3.44. The predicted octanol–water partition coefficient (Wildman–Crippen LogP) is 1.50. The molecule has 1 fully saturated rings. The van der Waals surface area contributed by atoms with Crippen LogP contribution in [0.1, 0.15) is 12.3 Å². The summed E-state index contributed by atoms with van der Waals surface area (Å²) in [6, 6.07) is 7.46. The van der Waals surface area contributed by atoms with Gasteiger partial charge in [0.2, 0.25) is 5.89 Å². The SMILES string of the molecule is O=C(O)CC1COCCN1Cc1nc2ccccc2o1. The first-order valence-corrected chi connectivity index (χ1v) is 6.60. The van der Waals surface area contributed by atoms with Crippen molar-refractivity contribution in [3.63, 3.8) is 0 Å².